The van der Waals surface area contributed by atoms with E-state index in [-0.39, 0.29) is 0 Å². The van der Waals surface area contributed by atoms with Crippen LogP contribution in [-0.4, -0.2) is 37.0 Å². The first-order chi connectivity index (χ1) is 8.59. The SMILES string of the molecule is O=C(c1c(F)cc(F)cc1F)N1CCC[N]CC1. The summed E-state index contributed by atoms with van der Waals surface area (Å²) in [7, 11) is 0. The van der Waals surface area contributed by atoms with Crippen LogP contribution in [0.5, 0.6) is 0 Å². The highest BCUT2D eigenvalue weighted by Crippen LogP contribution is 2.17. The molecular formula is C12H12F3N2O. The third-order valence-corrected chi connectivity index (χ3v) is 2.78. The van der Waals surface area contributed by atoms with Gasteiger partial charge in [0.15, 0.2) is 0 Å². The molecule has 1 aromatic carbocycles. The van der Waals surface area contributed by atoms with Gasteiger partial charge in [-0.05, 0) is 6.42 Å². The molecule has 2 rings (SSSR count). The van der Waals surface area contributed by atoms with E-state index in [0.29, 0.717) is 44.7 Å². The highest BCUT2D eigenvalue weighted by atomic mass is 19.1. The first-order valence-electron chi connectivity index (χ1n) is 5.66. The maximum Gasteiger partial charge on any atom is 0.259 e. The molecule has 1 heterocycles. The molecule has 1 fully saturated rings. The van der Waals surface area contributed by atoms with Crippen molar-refractivity contribution < 1.29 is 18.0 Å². The Morgan fingerprint density at radius 2 is 1.78 bits per heavy atom. The minimum atomic E-state index is -1.17. The van der Waals surface area contributed by atoms with Crippen LogP contribution in [0.25, 0.3) is 0 Å². The van der Waals surface area contributed by atoms with Crippen molar-refractivity contribution in [1.29, 1.82) is 0 Å². The second kappa shape index (κ2) is 5.39. The lowest BCUT2D eigenvalue weighted by Gasteiger charge is -2.20. The first kappa shape index (κ1) is 12.9. The number of hydrogen-bond acceptors (Lipinski definition) is 1. The Balaban J connectivity index is 2.27. The monoisotopic (exact) mass is 257 g/mol. The Morgan fingerprint density at radius 1 is 1.11 bits per heavy atom. The largest absolute Gasteiger partial charge is 0.337 e. The van der Waals surface area contributed by atoms with E-state index in [0.717, 1.165) is 0 Å². The minimum Gasteiger partial charge on any atom is -0.337 e. The van der Waals surface area contributed by atoms with Crippen LogP contribution < -0.4 is 5.32 Å². The molecule has 1 aliphatic heterocycles. The van der Waals surface area contributed by atoms with Gasteiger partial charge in [0.05, 0.1) is 0 Å². The zero-order valence-corrected chi connectivity index (χ0v) is 9.63. The van der Waals surface area contributed by atoms with E-state index in [1.165, 1.54) is 4.90 Å². The summed E-state index contributed by atoms with van der Waals surface area (Å²) < 4.78 is 39.7. The zero-order chi connectivity index (χ0) is 13.1. The van der Waals surface area contributed by atoms with E-state index in [2.05, 4.69) is 5.32 Å². The highest BCUT2D eigenvalue weighted by molar-refractivity contribution is 5.94. The van der Waals surface area contributed by atoms with Crippen molar-refractivity contribution in [2.45, 2.75) is 6.42 Å². The normalized spacial score (nSPS) is 16.5. The van der Waals surface area contributed by atoms with Gasteiger partial charge in [0.25, 0.3) is 5.91 Å². The second-order valence-corrected chi connectivity index (χ2v) is 4.06. The summed E-state index contributed by atoms with van der Waals surface area (Å²) in [5.74, 6) is -4.12. The van der Waals surface area contributed by atoms with Gasteiger partial charge in [-0.15, -0.1) is 0 Å². The molecule has 3 nitrogen and oxygen atoms in total. The fraction of sp³-hybridized carbons (Fsp3) is 0.417. The number of carbonyl (C=O) groups excluding carboxylic acids is 1. The standard InChI is InChI=1S/C12H12F3N2O/c13-8-6-9(14)11(10(15)7-8)12(18)17-4-1-2-16-3-5-17/h6-7H,1-5H2. The van der Waals surface area contributed by atoms with Gasteiger partial charge < -0.3 is 4.90 Å². The van der Waals surface area contributed by atoms with Crippen LogP contribution in [0.1, 0.15) is 16.8 Å². The van der Waals surface area contributed by atoms with Crippen LogP contribution in [-0.2, 0) is 0 Å². The molecule has 0 spiro atoms. The Labute approximate surface area is 103 Å². The van der Waals surface area contributed by atoms with Crippen LogP contribution in [0.3, 0.4) is 0 Å². The van der Waals surface area contributed by atoms with Crippen LogP contribution >= 0.6 is 0 Å². The van der Waals surface area contributed by atoms with Crippen molar-refractivity contribution in [1.82, 2.24) is 10.2 Å². The number of carbonyl (C=O) groups is 1. The van der Waals surface area contributed by atoms with Crippen molar-refractivity contribution >= 4 is 5.91 Å². The van der Waals surface area contributed by atoms with Gasteiger partial charge in [0.1, 0.15) is 23.0 Å². The number of halogens is 3. The molecule has 1 aromatic rings. The van der Waals surface area contributed by atoms with E-state index in [4.69, 9.17) is 0 Å². The molecule has 0 aliphatic carbocycles. The van der Waals surface area contributed by atoms with Crippen LogP contribution in [0.4, 0.5) is 13.2 Å². The fourth-order valence-electron chi connectivity index (χ4n) is 1.90. The molecule has 0 atom stereocenters. The molecule has 1 amide bonds. The maximum atomic E-state index is 13.5. The molecular weight excluding hydrogens is 245 g/mol. The predicted molar refractivity (Wildman–Crippen MR) is 58.7 cm³/mol. The summed E-state index contributed by atoms with van der Waals surface area (Å²) in [4.78, 5) is 13.3. The van der Waals surface area contributed by atoms with E-state index >= 15 is 0 Å². The highest BCUT2D eigenvalue weighted by Gasteiger charge is 2.24. The fourth-order valence-corrected chi connectivity index (χ4v) is 1.90. The summed E-state index contributed by atoms with van der Waals surface area (Å²) in [5.41, 5.74) is -0.696. The summed E-state index contributed by atoms with van der Waals surface area (Å²) in [6.07, 6.45) is 0.663. The lowest BCUT2D eigenvalue weighted by atomic mass is 10.1. The van der Waals surface area contributed by atoms with Gasteiger partial charge in [-0.2, -0.15) is 0 Å². The lowest BCUT2D eigenvalue weighted by molar-refractivity contribution is 0.0756. The van der Waals surface area contributed by atoms with Gasteiger partial charge in [-0.1, -0.05) is 0 Å². The van der Waals surface area contributed by atoms with E-state index in [9.17, 15) is 18.0 Å². The molecule has 6 heteroatoms. The molecule has 1 saturated heterocycles. The Bertz CT molecular complexity index is 434. The van der Waals surface area contributed by atoms with Gasteiger partial charge in [-0.3, -0.25) is 4.79 Å². The van der Waals surface area contributed by atoms with Crippen molar-refractivity contribution in [3.63, 3.8) is 0 Å². The van der Waals surface area contributed by atoms with Crippen molar-refractivity contribution in [3.8, 4) is 0 Å². The van der Waals surface area contributed by atoms with Crippen LogP contribution in [0.2, 0.25) is 0 Å². The summed E-state index contributed by atoms with van der Waals surface area (Å²) in [5, 5.41) is 4.11. The molecule has 1 radical (unpaired) electrons. The smallest absolute Gasteiger partial charge is 0.259 e. The zero-order valence-electron chi connectivity index (χ0n) is 9.63. The van der Waals surface area contributed by atoms with Gasteiger partial charge in [0, 0.05) is 38.3 Å². The van der Waals surface area contributed by atoms with E-state index < -0.39 is 28.9 Å². The first-order valence-corrected chi connectivity index (χ1v) is 5.66. The molecule has 1 aliphatic rings. The third-order valence-electron chi connectivity index (χ3n) is 2.78. The average Bonchev–Trinajstić information content (AvgIpc) is 2.55. The number of benzene rings is 1. The average molecular weight is 257 g/mol. The molecule has 0 bridgehead atoms. The quantitative estimate of drug-likeness (QED) is 0.751. The van der Waals surface area contributed by atoms with Gasteiger partial charge >= 0.3 is 0 Å². The van der Waals surface area contributed by atoms with Gasteiger partial charge in [0.2, 0.25) is 0 Å². The maximum absolute atomic E-state index is 13.5. The Morgan fingerprint density at radius 3 is 2.44 bits per heavy atom. The molecule has 97 valence electrons. The topological polar surface area (TPSA) is 34.4 Å². The number of nitrogens with zero attached hydrogens (tertiary/aromatic N) is 2. The van der Waals surface area contributed by atoms with Crippen LogP contribution in [0, 0.1) is 17.5 Å². The predicted octanol–water partition coefficient (Wildman–Crippen LogP) is 1.55. The number of hydrogen-bond donors (Lipinski definition) is 0. The minimum absolute atomic E-state index is 0.328. The summed E-state index contributed by atoms with van der Waals surface area (Å²) in [6, 6.07) is 1.02. The molecule has 0 unspecified atom stereocenters. The second-order valence-electron chi connectivity index (χ2n) is 4.06. The third kappa shape index (κ3) is 2.64. The van der Waals surface area contributed by atoms with Crippen molar-refractivity contribution in [2.24, 2.45) is 0 Å². The summed E-state index contributed by atoms with van der Waals surface area (Å²) >= 11 is 0. The van der Waals surface area contributed by atoms with Crippen molar-refractivity contribution in [2.75, 3.05) is 26.2 Å². The molecule has 0 saturated carbocycles. The summed E-state index contributed by atoms with van der Waals surface area (Å²) in [6.45, 7) is 1.82. The van der Waals surface area contributed by atoms with Gasteiger partial charge in [-0.25, -0.2) is 18.5 Å². The van der Waals surface area contributed by atoms with E-state index in [1.54, 1.807) is 0 Å². The molecule has 0 aromatic heterocycles. The Hall–Kier alpha value is -1.56. The van der Waals surface area contributed by atoms with Crippen molar-refractivity contribution in [3.05, 3.63) is 35.1 Å². The van der Waals surface area contributed by atoms with Crippen LogP contribution in [0.15, 0.2) is 12.1 Å². The number of amides is 1. The molecule has 18 heavy (non-hydrogen) atoms. The number of rotatable bonds is 1. The Kier molecular flexibility index (Phi) is 3.86. The molecule has 0 N–H and O–H groups in total. The lowest BCUT2D eigenvalue weighted by Crippen LogP contribution is -2.34. The van der Waals surface area contributed by atoms with E-state index in [1.807, 2.05) is 0 Å².